The zero-order chi connectivity index (χ0) is 23.2. The van der Waals surface area contributed by atoms with Crippen molar-refractivity contribution in [1.82, 2.24) is 19.5 Å². The number of aliphatic carboxylic acids is 1. The Hall–Kier alpha value is -1.56. The first-order chi connectivity index (χ1) is 15.9. The number of carbonyl (C=O) groups is 1. The zero-order valence-corrected chi connectivity index (χ0v) is 19.0. The van der Waals surface area contributed by atoms with Crippen molar-refractivity contribution in [2.45, 2.75) is 18.4 Å². The van der Waals surface area contributed by atoms with E-state index < -0.39 is 11.5 Å². The third-order valence-corrected chi connectivity index (χ3v) is 6.59. The number of benzene rings is 2. The number of carboxylic acid groups (broad SMARTS) is 1. The van der Waals surface area contributed by atoms with Gasteiger partial charge in [0.25, 0.3) is 0 Å². The number of nitrogens with zero attached hydrogens (tertiary/aromatic N) is 5. The molecule has 3 N–H and O–H groups in total. The van der Waals surface area contributed by atoms with Crippen LogP contribution in [0.1, 0.15) is 12.8 Å². The van der Waals surface area contributed by atoms with Crippen molar-refractivity contribution in [3.8, 4) is 17.1 Å². The van der Waals surface area contributed by atoms with E-state index in [9.17, 15) is 9.90 Å². The van der Waals surface area contributed by atoms with E-state index in [4.69, 9.17) is 33.9 Å². The van der Waals surface area contributed by atoms with Crippen LogP contribution in [0.3, 0.4) is 0 Å². The van der Waals surface area contributed by atoms with E-state index in [1.807, 2.05) is 45.9 Å². The van der Waals surface area contributed by atoms with Gasteiger partial charge in [0.2, 0.25) is 0 Å². The number of rotatable bonds is 4. The van der Waals surface area contributed by atoms with Gasteiger partial charge in [0, 0.05) is 29.4 Å². The number of fused-ring (bicyclic) bond motifs is 1. The summed E-state index contributed by atoms with van der Waals surface area (Å²) in [6.07, 6.45) is 2.11. The van der Waals surface area contributed by atoms with Crippen LogP contribution < -0.4 is 10.6 Å². The quantitative estimate of drug-likeness (QED) is 0.394. The monoisotopic (exact) mass is 522 g/mol. The first kappa shape index (κ1) is 25.5. The minimum atomic E-state index is -1.23. The molecule has 0 radical (unpaired) electrons. The second kappa shape index (κ2) is 10.2. The predicted octanol–water partition coefficient (Wildman–Crippen LogP) is 3.52. The number of halogens is 2. The van der Waals surface area contributed by atoms with Crippen LogP contribution in [0, 0.1) is 0 Å². The van der Waals surface area contributed by atoms with Gasteiger partial charge in [-0.25, -0.2) is 15.0 Å². The van der Waals surface area contributed by atoms with Crippen molar-refractivity contribution in [2.24, 2.45) is 5.73 Å². The Bertz CT molecular complexity index is 1350. The Morgan fingerprint density at radius 2 is 1.71 bits per heavy atom. The third-order valence-electron chi connectivity index (χ3n) is 6.01. The maximum absolute atomic E-state index is 11.5. The SMILES string of the molecule is NC1(C(=O)O)CCN(c2ncnc3c2nc(-c2ccccc2Cl)n3-c2ccc(Cl)cc2)CC1.[KH]. The Balaban J connectivity index is 0.00000274. The molecule has 5 rings (SSSR count). The molecule has 1 aliphatic rings. The number of imidazole rings is 1. The second-order valence-electron chi connectivity index (χ2n) is 8.04. The fourth-order valence-corrected chi connectivity index (χ4v) is 4.45. The summed E-state index contributed by atoms with van der Waals surface area (Å²) in [5.41, 5.74) is 7.62. The first-order valence-corrected chi connectivity index (χ1v) is 11.1. The van der Waals surface area contributed by atoms with E-state index in [0.29, 0.717) is 58.8 Å². The summed E-state index contributed by atoms with van der Waals surface area (Å²) < 4.78 is 1.92. The van der Waals surface area contributed by atoms with Gasteiger partial charge in [-0.3, -0.25) is 9.36 Å². The van der Waals surface area contributed by atoms with Crippen molar-refractivity contribution in [2.75, 3.05) is 18.0 Å². The average molecular weight is 523 g/mol. The van der Waals surface area contributed by atoms with E-state index in [2.05, 4.69) is 9.97 Å². The van der Waals surface area contributed by atoms with Gasteiger partial charge >= 0.3 is 57.4 Å². The van der Waals surface area contributed by atoms with Crippen molar-refractivity contribution in [3.63, 3.8) is 0 Å². The Morgan fingerprint density at radius 1 is 1.03 bits per heavy atom. The molecule has 170 valence electrons. The normalized spacial score (nSPS) is 15.2. The molecule has 0 aliphatic carbocycles. The molecule has 1 saturated heterocycles. The fraction of sp³-hybridized carbons (Fsp3) is 0.217. The van der Waals surface area contributed by atoms with E-state index in [1.54, 1.807) is 12.1 Å². The van der Waals surface area contributed by atoms with Crippen molar-refractivity contribution in [1.29, 1.82) is 0 Å². The standard InChI is InChI=1S/C23H20Cl2N6O2.K.H/c24-14-5-7-15(8-6-14)31-19(16-3-1-2-4-17(16)25)29-18-20(27-13-28-21(18)31)30-11-9-23(26,10-12-30)22(32)33;;/h1-8,13H,9-12,26H2,(H,32,33);;. The molecular formula is C23H21Cl2KN6O2. The average Bonchev–Trinajstić information content (AvgIpc) is 3.20. The van der Waals surface area contributed by atoms with Gasteiger partial charge in [-0.15, -0.1) is 0 Å². The van der Waals surface area contributed by atoms with Gasteiger partial charge < -0.3 is 15.7 Å². The third kappa shape index (κ3) is 4.63. The van der Waals surface area contributed by atoms with E-state index in [-0.39, 0.29) is 51.4 Å². The predicted molar refractivity (Wildman–Crippen MR) is 135 cm³/mol. The van der Waals surface area contributed by atoms with Crippen LogP contribution in [0.25, 0.3) is 28.2 Å². The molecule has 2 aromatic heterocycles. The van der Waals surface area contributed by atoms with Crippen molar-refractivity contribution >= 4 is 97.5 Å². The number of piperidine rings is 1. The molecule has 0 saturated carbocycles. The molecule has 0 unspecified atom stereocenters. The molecule has 34 heavy (non-hydrogen) atoms. The summed E-state index contributed by atoms with van der Waals surface area (Å²) in [7, 11) is 0. The summed E-state index contributed by atoms with van der Waals surface area (Å²) in [6.45, 7) is 0.897. The van der Waals surface area contributed by atoms with Gasteiger partial charge in [-0.2, -0.15) is 0 Å². The minimum absolute atomic E-state index is 0. The Morgan fingerprint density at radius 3 is 2.35 bits per heavy atom. The van der Waals surface area contributed by atoms with Crippen molar-refractivity contribution < 1.29 is 9.90 Å². The Kier molecular flexibility index (Phi) is 7.66. The molecule has 3 heterocycles. The summed E-state index contributed by atoms with van der Waals surface area (Å²) in [6, 6.07) is 14.9. The molecule has 11 heteroatoms. The molecule has 1 fully saturated rings. The van der Waals surface area contributed by atoms with Gasteiger partial charge in [-0.05, 0) is 49.2 Å². The van der Waals surface area contributed by atoms with E-state index in [1.165, 1.54) is 6.33 Å². The number of aromatic nitrogens is 4. The van der Waals surface area contributed by atoms with Gasteiger partial charge in [-0.1, -0.05) is 35.3 Å². The first-order valence-electron chi connectivity index (χ1n) is 10.4. The van der Waals surface area contributed by atoms with Crippen LogP contribution in [0.15, 0.2) is 54.9 Å². The summed E-state index contributed by atoms with van der Waals surface area (Å²) in [5, 5.41) is 10.6. The molecule has 0 atom stereocenters. The molecular weight excluding hydrogens is 502 g/mol. The molecule has 0 bridgehead atoms. The molecule has 4 aromatic rings. The second-order valence-corrected chi connectivity index (χ2v) is 8.89. The van der Waals surface area contributed by atoms with Gasteiger partial charge in [0.1, 0.15) is 17.7 Å². The van der Waals surface area contributed by atoms with Crippen LogP contribution in [0.2, 0.25) is 10.0 Å². The molecule has 1 aliphatic heterocycles. The molecule has 8 nitrogen and oxygen atoms in total. The topological polar surface area (TPSA) is 110 Å². The Labute approximate surface area is 248 Å². The number of anilines is 1. The van der Waals surface area contributed by atoms with E-state index in [0.717, 1.165) is 11.3 Å². The van der Waals surface area contributed by atoms with Crippen LogP contribution in [-0.2, 0) is 4.79 Å². The number of nitrogens with two attached hydrogens (primary N) is 1. The number of carboxylic acids is 1. The molecule has 2 aromatic carbocycles. The summed E-state index contributed by atoms with van der Waals surface area (Å²) in [4.78, 5) is 27.5. The van der Waals surface area contributed by atoms with Crippen LogP contribution in [0.4, 0.5) is 5.82 Å². The molecule has 0 spiro atoms. The number of hydrogen-bond donors (Lipinski definition) is 2. The van der Waals surface area contributed by atoms with Gasteiger partial charge in [0.05, 0.1) is 5.02 Å². The van der Waals surface area contributed by atoms with Crippen LogP contribution in [0.5, 0.6) is 0 Å². The van der Waals surface area contributed by atoms with Crippen molar-refractivity contribution in [3.05, 3.63) is 64.9 Å². The number of hydrogen-bond acceptors (Lipinski definition) is 6. The van der Waals surface area contributed by atoms with Crippen LogP contribution >= 0.6 is 23.2 Å². The summed E-state index contributed by atoms with van der Waals surface area (Å²) >= 11 is 12.6. The fourth-order valence-electron chi connectivity index (χ4n) is 4.10. The maximum atomic E-state index is 11.5. The summed E-state index contributed by atoms with van der Waals surface area (Å²) in [5.74, 6) is 0.270. The zero-order valence-electron chi connectivity index (χ0n) is 17.4. The van der Waals surface area contributed by atoms with Crippen LogP contribution in [-0.4, -0.2) is 101 Å². The molecule has 0 amide bonds. The van der Waals surface area contributed by atoms with E-state index >= 15 is 0 Å². The van der Waals surface area contributed by atoms with Gasteiger partial charge in [0.15, 0.2) is 17.0 Å².